The maximum Gasteiger partial charge on any atom is 0.151 e. The van der Waals surface area contributed by atoms with Crippen LogP contribution >= 0.6 is 0 Å². The van der Waals surface area contributed by atoms with Crippen molar-refractivity contribution in [1.82, 2.24) is 0 Å². The second-order valence-corrected chi connectivity index (χ2v) is 4.72. The van der Waals surface area contributed by atoms with Crippen LogP contribution in [-0.4, -0.2) is 12.6 Å². The molecule has 1 aliphatic rings. The highest BCUT2D eigenvalue weighted by Crippen LogP contribution is 2.30. The van der Waals surface area contributed by atoms with E-state index in [0.717, 1.165) is 25.7 Å². The average molecular weight is 240 g/mol. The molecule has 0 saturated carbocycles. The summed E-state index contributed by atoms with van der Waals surface area (Å²) in [5.74, 6) is -1.12. The summed E-state index contributed by atoms with van der Waals surface area (Å²) >= 11 is 0. The van der Waals surface area contributed by atoms with E-state index >= 15 is 0 Å². The normalized spacial score (nSPS) is 21.4. The summed E-state index contributed by atoms with van der Waals surface area (Å²) < 4.78 is 27.7. The largest absolute Gasteiger partial charge is 0.399 e. The molecule has 4 heteroatoms. The second-order valence-electron chi connectivity index (χ2n) is 4.72. The average Bonchev–Trinajstić information content (AvgIpc) is 2.43. The Balaban J connectivity index is 2.37. The minimum atomic E-state index is -0.559. The third-order valence-corrected chi connectivity index (χ3v) is 3.38. The first-order chi connectivity index (χ1) is 8.09. The maximum atomic E-state index is 13.8. The number of rotatable bonds is 1. The van der Waals surface area contributed by atoms with Crippen molar-refractivity contribution in [3.63, 3.8) is 0 Å². The molecule has 1 saturated heterocycles. The molecule has 1 aromatic carbocycles. The molecule has 2 nitrogen and oxygen atoms in total. The topological polar surface area (TPSA) is 29.3 Å². The van der Waals surface area contributed by atoms with E-state index in [1.165, 1.54) is 12.1 Å². The van der Waals surface area contributed by atoms with Gasteiger partial charge in [-0.05, 0) is 31.9 Å². The van der Waals surface area contributed by atoms with Crippen molar-refractivity contribution >= 4 is 11.4 Å². The predicted molar refractivity (Wildman–Crippen MR) is 66.0 cm³/mol. The van der Waals surface area contributed by atoms with Crippen molar-refractivity contribution in [3.05, 3.63) is 23.8 Å². The summed E-state index contributed by atoms with van der Waals surface area (Å²) in [4.78, 5) is 1.83. The number of nitrogens with two attached hydrogens (primary N) is 1. The number of hydrogen-bond donors (Lipinski definition) is 1. The van der Waals surface area contributed by atoms with Gasteiger partial charge in [-0.15, -0.1) is 0 Å². The molecular weight excluding hydrogens is 222 g/mol. The molecule has 0 aliphatic carbocycles. The minimum Gasteiger partial charge on any atom is -0.399 e. The van der Waals surface area contributed by atoms with Crippen LogP contribution in [0.5, 0.6) is 0 Å². The third kappa shape index (κ3) is 2.51. The molecule has 0 spiro atoms. The third-order valence-electron chi connectivity index (χ3n) is 3.38. The highest BCUT2D eigenvalue weighted by molar-refractivity contribution is 5.56. The molecule has 2 rings (SSSR count). The highest BCUT2D eigenvalue weighted by Gasteiger charge is 2.23. The van der Waals surface area contributed by atoms with Crippen LogP contribution in [0, 0.1) is 11.6 Å². The van der Waals surface area contributed by atoms with E-state index in [1.54, 1.807) is 0 Å². The van der Waals surface area contributed by atoms with Crippen molar-refractivity contribution in [2.75, 3.05) is 17.2 Å². The first-order valence-electron chi connectivity index (χ1n) is 6.10. The summed E-state index contributed by atoms with van der Waals surface area (Å²) in [7, 11) is 0. The second kappa shape index (κ2) is 4.90. The van der Waals surface area contributed by atoms with Crippen molar-refractivity contribution in [2.45, 2.75) is 38.6 Å². The fraction of sp³-hybridized carbons (Fsp3) is 0.538. The van der Waals surface area contributed by atoms with E-state index < -0.39 is 11.6 Å². The maximum absolute atomic E-state index is 13.8. The van der Waals surface area contributed by atoms with Gasteiger partial charge < -0.3 is 10.6 Å². The van der Waals surface area contributed by atoms with Gasteiger partial charge in [-0.2, -0.15) is 0 Å². The van der Waals surface area contributed by atoms with Gasteiger partial charge in [0.15, 0.2) is 11.6 Å². The molecule has 17 heavy (non-hydrogen) atoms. The lowest BCUT2D eigenvalue weighted by molar-refractivity contribution is 0.545. The first-order valence-corrected chi connectivity index (χ1v) is 6.10. The molecule has 1 aliphatic heterocycles. The van der Waals surface area contributed by atoms with Crippen molar-refractivity contribution in [2.24, 2.45) is 0 Å². The molecule has 1 atom stereocenters. The van der Waals surface area contributed by atoms with Crippen LogP contribution in [0.15, 0.2) is 12.1 Å². The Labute approximate surface area is 100 Å². The van der Waals surface area contributed by atoms with Gasteiger partial charge in [-0.1, -0.05) is 12.8 Å². The number of benzene rings is 1. The van der Waals surface area contributed by atoms with E-state index in [-0.39, 0.29) is 17.4 Å². The van der Waals surface area contributed by atoms with Gasteiger partial charge in [0.1, 0.15) is 5.69 Å². The first kappa shape index (κ1) is 12.1. The van der Waals surface area contributed by atoms with Crippen LogP contribution in [0.2, 0.25) is 0 Å². The molecular formula is C13H18F2N2. The van der Waals surface area contributed by atoms with Crippen LogP contribution in [0.25, 0.3) is 0 Å². The number of nitrogen functional groups attached to an aromatic ring is 1. The van der Waals surface area contributed by atoms with E-state index in [2.05, 4.69) is 0 Å². The number of hydrogen-bond acceptors (Lipinski definition) is 2. The lowest BCUT2D eigenvalue weighted by atomic mass is 10.1. The molecule has 0 radical (unpaired) electrons. The van der Waals surface area contributed by atoms with Gasteiger partial charge in [-0.25, -0.2) is 8.78 Å². The predicted octanol–water partition coefficient (Wildman–Crippen LogP) is 3.32. The Morgan fingerprint density at radius 1 is 1.18 bits per heavy atom. The van der Waals surface area contributed by atoms with Gasteiger partial charge in [-0.3, -0.25) is 0 Å². The SMILES string of the molecule is CC1CCCCCN1c1c(F)cc(N)cc1F. The molecule has 0 bridgehead atoms. The van der Waals surface area contributed by atoms with E-state index in [4.69, 9.17) is 5.73 Å². The molecule has 1 unspecified atom stereocenters. The summed E-state index contributed by atoms with van der Waals surface area (Å²) in [6, 6.07) is 2.55. The molecule has 1 aromatic rings. The van der Waals surface area contributed by atoms with E-state index in [0.29, 0.717) is 6.54 Å². The molecule has 0 amide bonds. The van der Waals surface area contributed by atoms with Gasteiger partial charge in [0.05, 0.1) is 0 Å². The lowest BCUT2D eigenvalue weighted by Crippen LogP contribution is -2.34. The summed E-state index contributed by atoms with van der Waals surface area (Å²) in [6.07, 6.45) is 4.20. The number of halogens is 2. The van der Waals surface area contributed by atoms with E-state index in [9.17, 15) is 8.78 Å². The molecule has 94 valence electrons. The fourth-order valence-electron chi connectivity index (χ4n) is 2.47. The standard InChI is InChI=1S/C13H18F2N2/c1-9-5-3-2-4-6-17(9)13-11(14)7-10(16)8-12(13)15/h7-9H,2-6,16H2,1H3. The van der Waals surface area contributed by atoms with Crippen molar-refractivity contribution in [1.29, 1.82) is 0 Å². The van der Waals surface area contributed by atoms with Crippen LogP contribution in [0.4, 0.5) is 20.2 Å². The Morgan fingerprint density at radius 3 is 2.47 bits per heavy atom. The molecule has 0 aromatic heterocycles. The van der Waals surface area contributed by atoms with E-state index in [1.807, 2.05) is 11.8 Å². The summed E-state index contributed by atoms with van der Waals surface area (Å²) in [5, 5.41) is 0. The monoisotopic (exact) mass is 240 g/mol. The van der Waals surface area contributed by atoms with Crippen molar-refractivity contribution in [3.8, 4) is 0 Å². The number of anilines is 2. The van der Waals surface area contributed by atoms with Crippen molar-refractivity contribution < 1.29 is 8.78 Å². The molecule has 1 fully saturated rings. The van der Waals surface area contributed by atoms with Crippen LogP contribution in [0.1, 0.15) is 32.6 Å². The summed E-state index contributed by atoms with van der Waals surface area (Å²) in [6.45, 7) is 2.72. The zero-order valence-corrected chi connectivity index (χ0v) is 10.0. The lowest BCUT2D eigenvalue weighted by Gasteiger charge is -2.30. The smallest absolute Gasteiger partial charge is 0.151 e. The fourth-order valence-corrected chi connectivity index (χ4v) is 2.47. The minimum absolute atomic E-state index is 0.0774. The Morgan fingerprint density at radius 2 is 1.82 bits per heavy atom. The Bertz CT molecular complexity index is 383. The molecule has 2 N–H and O–H groups in total. The zero-order valence-electron chi connectivity index (χ0n) is 10.0. The van der Waals surface area contributed by atoms with Gasteiger partial charge in [0, 0.05) is 18.3 Å². The van der Waals surface area contributed by atoms with Gasteiger partial charge in [0.25, 0.3) is 0 Å². The van der Waals surface area contributed by atoms with Crippen LogP contribution < -0.4 is 10.6 Å². The Hall–Kier alpha value is -1.32. The zero-order chi connectivity index (χ0) is 12.4. The van der Waals surface area contributed by atoms with Crippen LogP contribution in [-0.2, 0) is 0 Å². The highest BCUT2D eigenvalue weighted by atomic mass is 19.1. The number of nitrogens with zero attached hydrogens (tertiary/aromatic N) is 1. The summed E-state index contributed by atoms with van der Waals surface area (Å²) in [5.41, 5.74) is 5.63. The molecule has 1 heterocycles. The Kier molecular flexibility index (Phi) is 3.50. The quantitative estimate of drug-likeness (QED) is 0.763. The van der Waals surface area contributed by atoms with Crippen LogP contribution in [0.3, 0.4) is 0 Å². The van der Waals surface area contributed by atoms with Gasteiger partial charge >= 0.3 is 0 Å². The van der Waals surface area contributed by atoms with Gasteiger partial charge in [0.2, 0.25) is 0 Å².